The molecular weight excluding hydrogens is 348 g/mol. The SMILES string of the molecule is CC(C)NC(=O)CN1CCN(C(=O)c2ccc(Cl)c([N+](=O)[O-])c2)CC1. The van der Waals surface area contributed by atoms with Gasteiger partial charge in [0.15, 0.2) is 0 Å². The summed E-state index contributed by atoms with van der Waals surface area (Å²) in [6, 6.07) is 4.14. The third-order valence-corrected chi connectivity index (χ3v) is 4.19. The number of benzene rings is 1. The third kappa shape index (κ3) is 5.14. The van der Waals surface area contributed by atoms with E-state index in [9.17, 15) is 19.7 Å². The third-order valence-electron chi connectivity index (χ3n) is 3.87. The van der Waals surface area contributed by atoms with Crippen molar-refractivity contribution in [2.45, 2.75) is 19.9 Å². The fraction of sp³-hybridized carbons (Fsp3) is 0.500. The summed E-state index contributed by atoms with van der Waals surface area (Å²) >= 11 is 5.77. The number of nitrogens with zero attached hydrogens (tertiary/aromatic N) is 3. The van der Waals surface area contributed by atoms with Crippen LogP contribution in [0.1, 0.15) is 24.2 Å². The Kier molecular flexibility index (Phi) is 6.33. The number of hydrogen-bond acceptors (Lipinski definition) is 5. The van der Waals surface area contributed by atoms with Crippen LogP contribution in [0, 0.1) is 10.1 Å². The molecule has 0 radical (unpaired) electrons. The van der Waals surface area contributed by atoms with Gasteiger partial charge in [-0.3, -0.25) is 24.6 Å². The van der Waals surface area contributed by atoms with Crippen LogP contribution in [-0.2, 0) is 4.79 Å². The first-order valence-electron chi connectivity index (χ1n) is 8.03. The van der Waals surface area contributed by atoms with Gasteiger partial charge in [0.25, 0.3) is 11.6 Å². The predicted molar refractivity (Wildman–Crippen MR) is 93.7 cm³/mol. The molecule has 1 aliphatic heterocycles. The second-order valence-corrected chi connectivity index (χ2v) is 6.62. The first-order valence-corrected chi connectivity index (χ1v) is 8.40. The van der Waals surface area contributed by atoms with E-state index in [-0.39, 0.29) is 34.1 Å². The maximum absolute atomic E-state index is 12.5. The van der Waals surface area contributed by atoms with E-state index in [2.05, 4.69) is 5.32 Å². The van der Waals surface area contributed by atoms with Crippen molar-refractivity contribution in [3.05, 3.63) is 38.9 Å². The summed E-state index contributed by atoms with van der Waals surface area (Å²) in [5, 5.41) is 13.8. The quantitative estimate of drug-likeness (QED) is 0.628. The highest BCUT2D eigenvalue weighted by Gasteiger charge is 2.25. The lowest BCUT2D eigenvalue weighted by atomic mass is 10.1. The normalized spacial score (nSPS) is 15.3. The van der Waals surface area contributed by atoms with Gasteiger partial charge in [-0.05, 0) is 26.0 Å². The number of nitro groups is 1. The molecule has 0 atom stereocenters. The minimum absolute atomic E-state index is 0.00235. The molecule has 9 heteroatoms. The fourth-order valence-electron chi connectivity index (χ4n) is 2.65. The number of halogens is 1. The Morgan fingerprint density at radius 2 is 1.92 bits per heavy atom. The van der Waals surface area contributed by atoms with E-state index >= 15 is 0 Å². The number of rotatable bonds is 5. The molecule has 1 saturated heterocycles. The van der Waals surface area contributed by atoms with Crippen molar-refractivity contribution in [1.29, 1.82) is 0 Å². The van der Waals surface area contributed by atoms with E-state index in [0.29, 0.717) is 32.7 Å². The van der Waals surface area contributed by atoms with Crippen LogP contribution >= 0.6 is 11.6 Å². The summed E-state index contributed by atoms with van der Waals surface area (Å²) in [4.78, 5) is 38.3. The summed E-state index contributed by atoms with van der Waals surface area (Å²) in [7, 11) is 0. The molecule has 1 aromatic carbocycles. The lowest BCUT2D eigenvalue weighted by molar-refractivity contribution is -0.384. The Bertz CT molecular complexity index is 672. The van der Waals surface area contributed by atoms with Crippen LogP contribution < -0.4 is 5.32 Å². The van der Waals surface area contributed by atoms with Crippen molar-refractivity contribution in [1.82, 2.24) is 15.1 Å². The van der Waals surface area contributed by atoms with E-state index < -0.39 is 4.92 Å². The van der Waals surface area contributed by atoms with Gasteiger partial charge >= 0.3 is 0 Å². The van der Waals surface area contributed by atoms with Crippen molar-refractivity contribution < 1.29 is 14.5 Å². The zero-order valence-corrected chi connectivity index (χ0v) is 15.0. The number of nitrogens with one attached hydrogen (secondary N) is 1. The van der Waals surface area contributed by atoms with Gasteiger partial charge in [-0.2, -0.15) is 0 Å². The van der Waals surface area contributed by atoms with Crippen molar-refractivity contribution in [3.8, 4) is 0 Å². The van der Waals surface area contributed by atoms with Crippen LogP contribution in [0.4, 0.5) is 5.69 Å². The summed E-state index contributed by atoms with van der Waals surface area (Å²) < 4.78 is 0. The number of nitro benzene ring substituents is 1. The molecule has 0 aromatic heterocycles. The molecule has 136 valence electrons. The Balaban J connectivity index is 1.94. The largest absolute Gasteiger partial charge is 0.353 e. The average molecular weight is 369 g/mol. The molecule has 1 fully saturated rings. The number of carbonyl (C=O) groups excluding carboxylic acids is 2. The molecule has 0 unspecified atom stereocenters. The van der Waals surface area contributed by atoms with Crippen LogP contribution in [0.15, 0.2) is 18.2 Å². The lowest BCUT2D eigenvalue weighted by Crippen LogP contribution is -2.51. The van der Waals surface area contributed by atoms with Crippen LogP contribution in [-0.4, -0.2) is 65.3 Å². The molecule has 8 nitrogen and oxygen atoms in total. The summed E-state index contributed by atoms with van der Waals surface area (Å²) in [5.74, 6) is -0.311. The van der Waals surface area contributed by atoms with Crippen molar-refractivity contribution in [2.75, 3.05) is 32.7 Å². The molecule has 1 aliphatic rings. The smallest absolute Gasteiger partial charge is 0.288 e. The van der Waals surface area contributed by atoms with Gasteiger partial charge in [-0.1, -0.05) is 11.6 Å². The zero-order valence-electron chi connectivity index (χ0n) is 14.2. The number of hydrogen-bond donors (Lipinski definition) is 1. The van der Waals surface area contributed by atoms with Gasteiger partial charge in [0.1, 0.15) is 5.02 Å². The molecule has 1 N–H and O–H groups in total. The Hall–Kier alpha value is -2.19. The Labute approximate surface area is 150 Å². The second kappa shape index (κ2) is 8.26. The van der Waals surface area contributed by atoms with Gasteiger partial charge < -0.3 is 10.2 Å². The van der Waals surface area contributed by atoms with Crippen molar-refractivity contribution in [2.24, 2.45) is 0 Å². The number of amides is 2. The minimum atomic E-state index is -0.607. The first kappa shape index (κ1) is 19.1. The van der Waals surface area contributed by atoms with Gasteiger partial charge in [-0.15, -0.1) is 0 Å². The zero-order chi connectivity index (χ0) is 18.6. The predicted octanol–water partition coefficient (Wildman–Crippen LogP) is 1.53. The van der Waals surface area contributed by atoms with Crippen LogP contribution in [0.3, 0.4) is 0 Å². The van der Waals surface area contributed by atoms with Gasteiger partial charge in [0.2, 0.25) is 5.91 Å². The summed E-state index contributed by atoms with van der Waals surface area (Å²) in [5.41, 5.74) is -0.0430. The molecule has 25 heavy (non-hydrogen) atoms. The maximum Gasteiger partial charge on any atom is 0.288 e. The summed E-state index contributed by atoms with van der Waals surface area (Å²) in [6.07, 6.45) is 0. The lowest BCUT2D eigenvalue weighted by Gasteiger charge is -2.34. The van der Waals surface area contributed by atoms with Crippen LogP contribution in [0.5, 0.6) is 0 Å². The van der Waals surface area contributed by atoms with Gasteiger partial charge in [0, 0.05) is 43.9 Å². The van der Waals surface area contributed by atoms with Crippen molar-refractivity contribution >= 4 is 29.1 Å². The Morgan fingerprint density at radius 3 is 2.48 bits per heavy atom. The molecule has 0 aliphatic carbocycles. The van der Waals surface area contributed by atoms with Crippen LogP contribution in [0.25, 0.3) is 0 Å². The summed E-state index contributed by atoms with van der Waals surface area (Å²) in [6.45, 7) is 6.18. The van der Waals surface area contributed by atoms with E-state index in [0.717, 1.165) is 0 Å². The maximum atomic E-state index is 12.5. The van der Waals surface area contributed by atoms with E-state index in [4.69, 9.17) is 11.6 Å². The second-order valence-electron chi connectivity index (χ2n) is 6.21. The van der Waals surface area contributed by atoms with Crippen LogP contribution in [0.2, 0.25) is 5.02 Å². The van der Waals surface area contributed by atoms with E-state index in [1.54, 1.807) is 4.90 Å². The number of carbonyl (C=O) groups is 2. The molecule has 0 bridgehead atoms. The highest BCUT2D eigenvalue weighted by atomic mass is 35.5. The molecule has 0 spiro atoms. The average Bonchev–Trinajstić information content (AvgIpc) is 2.54. The first-order chi connectivity index (χ1) is 11.8. The topological polar surface area (TPSA) is 95.8 Å². The monoisotopic (exact) mass is 368 g/mol. The van der Waals surface area contributed by atoms with Gasteiger partial charge in [0.05, 0.1) is 11.5 Å². The van der Waals surface area contributed by atoms with Gasteiger partial charge in [-0.25, -0.2) is 0 Å². The highest BCUT2D eigenvalue weighted by molar-refractivity contribution is 6.32. The molecule has 2 rings (SSSR count). The molecule has 1 aromatic rings. The minimum Gasteiger partial charge on any atom is -0.353 e. The molecular formula is C16H21ClN4O4. The Morgan fingerprint density at radius 1 is 1.28 bits per heavy atom. The van der Waals surface area contributed by atoms with E-state index in [1.165, 1.54) is 18.2 Å². The number of piperazine rings is 1. The molecule has 1 heterocycles. The van der Waals surface area contributed by atoms with Crippen molar-refractivity contribution in [3.63, 3.8) is 0 Å². The highest BCUT2D eigenvalue weighted by Crippen LogP contribution is 2.25. The molecule has 2 amide bonds. The fourth-order valence-corrected chi connectivity index (χ4v) is 2.83. The van der Waals surface area contributed by atoms with E-state index in [1.807, 2.05) is 18.7 Å². The molecule has 0 saturated carbocycles. The standard InChI is InChI=1S/C16H21ClN4O4/c1-11(2)18-15(22)10-19-5-7-20(8-6-19)16(23)12-3-4-13(17)14(9-12)21(24)25/h3-4,9,11H,5-8,10H2,1-2H3,(H,18,22).